The third kappa shape index (κ3) is 6.77. The van der Waals surface area contributed by atoms with Crippen molar-refractivity contribution in [1.82, 2.24) is 16.2 Å². The monoisotopic (exact) mass is 322 g/mol. The van der Waals surface area contributed by atoms with E-state index in [0.717, 1.165) is 5.69 Å². The summed E-state index contributed by atoms with van der Waals surface area (Å²) in [6, 6.07) is 9.62. The van der Waals surface area contributed by atoms with Crippen LogP contribution in [0.3, 0.4) is 0 Å². The van der Waals surface area contributed by atoms with Crippen LogP contribution in [0.25, 0.3) is 0 Å². The molecular weight excluding hydrogens is 304 g/mol. The highest BCUT2D eigenvalue weighted by Gasteiger charge is 1.99. The summed E-state index contributed by atoms with van der Waals surface area (Å²) in [5, 5.41) is 14.9. The molecule has 6 nitrogen and oxygen atoms in total. The molecule has 0 bridgehead atoms. The van der Waals surface area contributed by atoms with Crippen LogP contribution in [0.4, 0.5) is 5.69 Å². The molecule has 1 aromatic carbocycles. The molecule has 0 aliphatic rings. The van der Waals surface area contributed by atoms with Crippen LogP contribution in [-0.2, 0) is 0 Å². The van der Waals surface area contributed by atoms with Crippen LogP contribution in [0.15, 0.2) is 40.5 Å². The topological polar surface area (TPSA) is 72.8 Å². The summed E-state index contributed by atoms with van der Waals surface area (Å²) in [5.41, 5.74) is 7.74. The van der Waals surface area contributed by atoms with Gasteiger partial charge in [-0.2, -0.15) is 10.2 Å². The Hall–Kier alpha value is -2.06. The van der Waals surface area contributed by atoms with Crippen LogP contribution < -0.4 is 21.5 Å². The zero-order chi connectivity index (χ0) is 15.7. The Morgan fingerprint density at radius 1 is 0.905 bits per heavy atom. The van der Waals surface area contributed by atoms with Gasteiger partial charge in [0.2, 0.25) is 0 Å². The van der Waals surface area contributed by atoms with Gasteiger partial charge in [0.15, 0.2) is 10.2 Å². The molecule has 0 aromatic heterocycles. The first-order valence-corrected chi connectivity index (χ1v) is 7.03. The quantitative estimate of drug-likeness (QED) is 0.385. The summed E-state index contributed by atoms with van der Waals surface area (Å²) in [7, 11) is 1.72. The summed E-state index contributed by atoms with van der Waals surface area (Å²) in [4.78, 5) is 0. The predicted octanol–water partition coefficient (Wildman–Crippen LogP) is 1.82. The summed E-state index contributed by atoms with van der Waals surface area (Å²) in [6.07, 6.45) is 0. The molecule has 0 radical (unpaired) electrons. The molecule has 8 heteroatoms. The second-order valence-corrected chi connectivity index (χ2v) is 4.83. The van der Waals surface area contributed by atoms with Gasteiger partial charge in [0.1, 0.15) is 0 Å². The third-order valence-corrected chi connectivity index (χ3v) is 2.92. The van der Waals surface area contributed by atoms with Gasteiger partial charge < -0.3 is 10.6 Å². The minimum atomic E-state index is 0.409. The van der Waals surface area contributed by atoms with E-state index in [4.69, 9.17) is 24.4 Å². The molecule has 1 aromatic rings. The van der Waals surface area contributed by atoms with E-state index in [9.17, 15) is 0 Å². The first-order valence-electron chi connectivity index (χ1n) is 6.21. The number of benzene rings is 1. The standard InChI is InChI=1S/C13H18N6S2/c1-9(16-18-12(20)14-3)10(2)17-19-13(21)15-11-7-5-4-6-8-11/h4-8H,1-3H3,(H2,14,18,20)(H2,15,19,21)/b16-9+,17-10+. The van der Waals surface area contributed by atoms with E-state index in [0.29, 0.717) is 21.6 Å². The Bertz CT molecular complexity index is 553. The van der Waals surface area contributed by atoms with Gasteiger partial charge in [-0.1, -0.05) is 18.2 Å². The summed E-state index contributed by atoms with van der Waals surface area (Å²) in [6.45, 7) is 3.64. The molecule has 0 atom stereocenters. The molecule has 0 spiro atoms. The third-order valence-electron chi connectivity index (χ3n) is 2.43. The van der Waals surface area contributed by atoms with Crippen LogP contribution in [0.1, 0.15) is 13.8 Å². The van der Waals surface area contributed by atoms with Crippen LogP contribution in [0.5, 0.6) is 0 Å². The molecule has 0 heterocycles. The van der Waals surface area contributed by atoms with Gasteiger partial charge in [0.05, 0.1) is 11.4 Å². The minimum absolute atomic E-state index is 0.409. The Labute approximate surface area is 135 Å². The number of anilines is 1. The zero-order valence-corrected chi connectivity index (χ0v) is 13.7. The minimum Gasteiger partial charge on any atom is -0.364 e. The van der Waals surface area contributed by atoms with E-state index >= 15 is 0 Å². The lowest BCUT2D eigenvalue weighted by atomic mass is 10.3. The highest BCUT2D eigenvalue weighted by Crippen LogP contribution is 2.04. The van der Waals surface area contributed by atoms with E-state index in [1.807, 2.05) is 44.2 Å². The average Bonchev–Trinajstić information content (AvgIpc) is 2.50. The van der Waals surface area contributed by atoms with E-state index in [1.54, 1.807) is 7.05 Å². The zero-order valence-electron chi connectivity index (χ0n) is 12.1. The Kier molecular flexibility index (Phi) is 7.27. The van der Waals surface area contributed by atoms with Crippen molar-refractivity contribution < 1.29 is 0 Å². The first-order chi connectivity index (χ1) is 10.0. The van der Waals surface area contributed by atoms with Gasteiger partial charge >= 0.3 is 0 Å². The first kappa shape index (κ1) is 17.0. The van der Waals surface area contributed by atoms with Crippen molar-refractivity contribution in [3.05, 3.63) is 30.3 Å². The normalized spacial score (nSPS) is 11.6. The fraction of sp³-hybridized carbons (Fsp3) is 0.231. The van der Waals surface area contributed by atoms with Gasteiger partial charge in [-0.15, -0.1) is 0 Å². The van der Waals surface area contributed by atoms with Gasteiger partial charge in [0, 0.05) is 12.7 Å². The second kappa shape index (κ2) is 8.98. The molecule has 0 amide bonds. The summed E-state index contributed by atoms with van der Waals surface area (Å²) < 4.78 is 0. The molecule has 112 valence electrons. The van der Waals surface area contributed by atoms with Crippen LogP contribution >= 0.6 is 24.4 Å². The largest absolute Gasteiger partial charge is 0.364 e. The van der Waals surface area contributed by atoms with E-state index < -0.39 is 0 Å². The summed E-state index contributed by atoms with van der Waals surface area (Å²) >= 11 is 10.1. The molecule has 0 fully saturated rings. The smallest absolute Gasteiger partial charge is 0.191 e. The number of hydrazone groups is 2. The molecule has 0 aliphatic carbocycles. The fourth-order valence-corrected chi connectivity index (χ4v) is 1.38. The number of nitrogens with zero attached hydrogens (tertiary/aromatic N) is 2. The van der Waals surface area contributed by atoms with Crippen molar-refractivity contribution in [2.75, 3.05) is 12.4 Å². The van der Waals surface area contributed by atoms with Crippen molar-refractivity contribution >= 4 is 51.8 Å². The maximum absolute atomic E-state index is 5.15. The highest BCUT2D eigenvalue weighted by molar-refractivity contribution is 7.80. The molecule has 1 rings (SSSR count). The molecule has 4 N–H and O–H groups in total. The second-order valence-electron chi connectivity index (χ2n) is 4.02. The number of hydrogen-bond donors (Lipinski definition) is 4. The van der Waals surface area contributed by atoms with Crippen molar-refractivity contribution in [2.24, 2.45) is 10.2 Å². The molecule has 0 saturated carbocycles. The number of hydrogen-bond acceptors (Lipinski definition) is 4. The van der Waals surface area contributed by atoms with Crippen molar-refractivity contribution in [2.45, 2.75) is 13.8 Å². The van der Waals surface area contributed by atoms with Gasteiger partial charge in [-0.3, -0.25) is 10.9 Å². The van der Waals surface area contributed by atoms with Crippen LogP contribution in [0, 0.1) is 0 Å². The van der Waals surface area contributed by atoms with E-state index in [2.05, 4.69) is 31.7 Å². The Balaban J connectivity index is 2.51. The number of thiocarbonyl (C=S) groups is 2. The molecular formula is C13H18N6S2. The Morgan fingerprint density at radius 2 is 1.43 bits per heavy atom. The highest BCUT2D eigenvalue weighted by atomic mass is 32.1. The van der Waals surface area contributed by atoms with Crippen molar-refractivity contribution in [3.8, 4) is 0 Å². The fourth-order valence-electron chi connectivity index (χ4n) is 1.17. The Morgan fingerprint density at radius 3 is 1.95 bits per heavy atom. The van der Waals surface area contributed by atoms with Gasteiger partial charge in [0.25, 0.3) is 0 Å². The van der Waals surface area contributed by atoms with E-state index in [1.165, 1.54) is 0 Å². The predicted molar refractivity (Wildman–Crippen MR) is 96.8 cm³/mol. The molecule has 0 unspecified atom stereocenters. The molecule has 0 saturated heterocycles. The summed E-state index contributed by atoms with van der Waals surface area (Å²) in [5.74, 6) is 0. The van der Waals surface area contributed by atoms with Crippen LogP contribution in [-0.4, -0.2) is 28.7 Å². The van der Waals surface area contributed by atoms with Gasteiger partial charge in [-0.25, -0.2) is 0 Å². The number of rotatable bonds is 4. The molecule has 21 heavy (non-hydrogen) atoms. The lowest BCUT2D eigenvalue weighted by Crippen LogP contribution is -2.30. The maximum atomic E-state index is 5.15. The maximum Gasteiger partial charge on any atom is 0.191 e. The number of para-hydroxylation sites is 1. The van der Waals surface area contributed by atoms with E-state index in [-0.39, 0.29) is 0 Å². The number of nitrogens with one attached hydrogen (secondary N) is 4. The van der Waals surface area contributed by atoms with Crippen molar-refractivity contribution in [1.29, 1.82) is 0 Å². The SMILES string of the molecule is CNC(=S)N/N=C(C)/C(C)=N/NC(=S)Nc1ccccc1. The van der Waals surface area contributed by atoms with Crippen molar-refractivity contribution in [3.63, 3.8) is 0 Å². The molecule has 0 aliphatic heterocycles. The van der Waals surface area contributed by atoms with Crippen LogP contribution in [0.2, 0.25) is 0 Å². The average molecular weight is 322 g/mol. The lowest BCUT2D eigenvalue weighted by molar-refractivity contribution is 0.974. The lowest BCUT2D eigenvalue weighted by Gasteiger charge is -2.08. The van der Waals surface area contributed by atoms with Gasteiger partial charge in [-0.05, 0) is 50.4 Å².